The quantitative estimate of drug-likeness (QED) is 0.348. The number of halogens is 1. The molecule has 46 valence electrons. The molecule has 0 heterocycles. The Balaban J connectivity index is -0.0000000133. The van der Waals surface area contributed by atoms with Crippen LogP contribution < -0.4 is 29.6 Å². The minimum absolute atomic E-state index is 0. The van der Waals surface area contributed by atoms with Crippen molar-refractivity contribution < 1.29 is 85.2 Å². The fraction of sp³-hybridized carbons (Fsp3) is 0. The van der Waals surface area contributed by atoms with E-state index in [-0.39, 0.29) is 66.6 Å². The minimum Gasteiger partial charge on any atom is -1.00 e. The second-order valence-electron chi connectivity index (χ2n) is 0.473. The summed E-state index contributed by atoms with van der Waals surface area (Å²) in [6, 6.07) is 0. The molecule has 0 saturated carbocycles. The average Bonchev–Trinajstić information content (AvgIpc) is 0.722. The van der Waals surface area contributed by atoms with Crippen LogP contribution in [0.3, 0.4) is 0 Å². The summed E-state index contributed by atoms with van der Waals surface area (Å²) in [6.45, 7) is 0. The zero-order chi connectivity index (χ0) is 4.50. The Kier molecular flexibility index (Phi) is 25.8. The van der Waals surface area contributed by atoms with Crippen molar-refractivity contribution in [1.29, 1.82) is 0 Å². The van der Waals surface area contributed by atoms with Gasteiger partial charge in [0.1, 0.15) is 0 Å². The third-order valence-corrected chi connectivity index (χ3v) is 0. The van der Waals surface area contributed by atoms with E-state index in [9.17, 15) is 4.20 Å². The van der Waals surface area contributed by atoms with Gasteiger partial charge < -0.3 is 1.43 Å². The summed E-state index contributed by atoms with van der Waals surface area (Å²) in [4.78, 5) is 13.9. The molecular formula is H3FMnNaO3PV. The Morgan fingerprint density at radius 3 is 1.50 bits per heavy atom. The van der Waals surface area contributed by atoms with Crippen LogP contribution in [0.1, 0.15) is 1.43 Å². The minimum atomic E-state index is -5.14. The fourth-order valence-electron chi connectivity index (χ4n) is 0. The largest absolute Gasteiger partial charge is 1.00 e. The predicted molar refractivity (Wildman–Crippen MR) is 14.3 cm³/mol. The van der Waals surface area contributed by atoms with E-state index in [1.165, 1.54) is 0 Å². The van der Waals surface area contributed by atoms with E-state index in [1.807, 2.05) is 0 Å². The molecule has 2 N–H and O–H groups in total. The molecule has 0 aliphatic rings. The van der Waals surface area contributed by atoms with Gasteiger partial charge in [-0.1, -0.05) is 0 Å². The maximum Gasteiger partial charge on any atom is 1.00 e. The van der Waals surface area contributed by atoms with Gasteiger partial charge in [-0.15, -0.1) is 4.20 Å². The number of hydrogen-bond donors (Lipinski definition) is 2. The summed E-state index contributed by atoms with van der Waals surface area (Å²) in [5.41, 5.74) is 0. The number of rotatable bonds is 0. The molecule has 0 aliphatic carbocycles. The van der Waals surface area contributed by atoms with Crippen molar-refractivity contribution in [3.05, 3.63) is 0 Å². The zero-order valence-corrected chi connectivity index (χ0v) is 9.42. The van der Waals surface area contributed by atoms with E-state index in [4.69, 9.17) is 14.4 Å². The Morgan fingerprint density at radius 1 is 1.50 bits per heavy atom. The molecule has 0 saturated heterocycles. The molecule has 0 aromatic rings. The summed E-state index contributed by atoms with van der Waals surface area (Å²) in [5, 5.41) is 0. The second-order valence-corrected chi connectivity index (χ2v) is 1.42. The second kappa shape index (κ2) is 9.18. The van der Waals surface area contributed by atoms with E-state index in [0.29, 0.717) is 0 Å². The van der Waals surface area contributed by atoms with Crippen LogP contribution in [-0.2, 0) is 40.2 Å². The summed E-state index contributed by atoms with van der Waals surface area (Å²) >= 11 is 0. The summed E-state index contributed by atoms with van der Waals surface area (Å²) in [6.07, 6.45) is 0. The van der Waals surface area contributed by atoms with Crippen LogP contribution in [-0.4, -0.2) is 9.79 Å². The van der Waals surface area contributed by atoms with Crippen LogP contribution in [0, 0.1) is 0 Å². The van der Waals surface area contributed by atoms with Crippen molar-refractivity contribution in [3.8, 4) is 0 Å². The van der Waals surface area contributed by atoms with E-state index in [0.717, 1.165) is 0 Å². The van der Waals surface area contributed by atoms with E-state index < -0.39 is 7.91 Å². The molecule has 8 heteroatoms. The molecule has 0 unspecified atom stereocenters. The molecule has 0 atom stereocenters. The monoisotopic (exact) mass is 230 g/mol. The SMILES string of the molecule is O=P(O)(O)F.[H-].[Mn].[Na+].[V]. The van der Waals surface area contributed by atoms with Crippen molar-refractivity contribution >= 4 is 7.91 Å². The first-order valence-electron chi connectivity index (χ1n) is 0.752. The van der Waals surface area contributed by atoms with Crippen LogP contribution in [0.2, 0.25) is 0 Å². The van der Waals surface area contributed by atoms with Crippen LogP contribution in [0.15, 0.2) is 0 Å². The molecule has 2 radical (unpaired) electrons. The molecule has 0 spiro atoms. The topological polar surface area (TPSA) is 57.5 Å². The van der Waals surface area contributed by atoms with Crippen molar-refractivity contribution in [2.75, 3.05) is 0 Å². The van der Waals surface area contributed by atoms with Gasteiger partial charge in [0.05, 0.1) is 0 Å². The molecule has 0 aromatic heterocycles. The fourth-order valence-corrected chi connectivity index (χ4v) is 0. The molecule has 0 amide bonds. The third-order valence-electron chi connectivity index (χ3n) is 0. The first kappa shape index (κ1) is 22.5. The van der Waals surface area contributed by atoms with Crippen LogP contribution >= 0.6 is 7.91 Å². The van der Waals surface area contributed by atoms with Gasteiger partial charge in [0.15, 0.2) is 0 Å². The van der Waals surface area contributed by atoms with Crippen molar-refractivity contribution in [3.63, 3.8) is 0 Å². The average molecular weight is 230 g/mol. The van der Waals surface area contributed by atoms with Gasteiger partial charge in [-0.3, -0.25) is 9.79 Å². The van der Waals surface area contributed by atoms with Gasteiger partial charge in [-0.2, -0.15) is 0 Å². The Hall–Kier alpha value is 2.18. The third kappa shape index (κ3) is 88.6. The summed E-state index contributed by atoms with van der Waals surface area (Å²) in [7, 11) is -5.14. The molecule has 0 rings (SSSR count). The Morgan fingerprint density at radius 2 is 1.50 bits per heavy atom. The Labute approximate surface area is 92.2 Å². The van der Waals surface area contributed by atoms with Crippen molar-refractivity contribution in [2.45, 2.75) is 0 Å². The maximum absolute atomic E-state index is 10.4. The molecule has 0 aliphatic heterocycles. The summed E-state index contributed by atoms with van der Waals surface area (Å²) < 4.78 is 19.0. The van der Waals surface area contributed by atoms with Gasteiger partial charge in [0, 0.05) is 35.6 Å². The molecule has 0 aromatic carbocycles. The van der Waals surface area contributed by atoms with E-state index >= 15 is 0 Å². The van der Waals surface area contributed by atoms with Crippen LogP contribution in [0.5, 0.6) is 0 Å². The molecule has 3 nitrogen and oxygen atoms in total. The standard InChI is InChI=1S/FH2O3P.Mn.Na.V.H/c1-5(2,3)4;;;;/h(H2,2,3,4);;;;/q;;+1;;-1. The van der Waals surface area contributed by atoms with Crippen molar-refractivity contribution in [1.82, 2.24) is 0 Å². The zero-order valence-electron chi connectivity index (χ0n) is 4.95. The number of hydrogen-bond acceptors (Lipinski definition) is 1. The first-order chi connectivity index (χ1) is 2.00. The summed E-state index contributed by atoms with van der Waals surface area (Å²) in [5.74, 6) is 0. The van der Waals surface area contributed by atoms with E-state index in [2.05, 4.69) is 0 Å². The van der Waals surface area contributed by atoms with Gasteiger partial charge in [0.25, 0.3) is 0 Å². The van der Waals surface area contributed by atoms with Crippen LogP contribution in [0.25, 0.3) is 0 Å². The molecular weight excluding hydrogens is 227 g/mol. The Bertz CT molecular complexity index is 69.9. The predicted octanol–water partition coefficient (Wildman–Crippen LogP) is -2.84. The molecule has 8 heavy (non-hydrogen) atoms. The van der Waals surface area contributed by atoms with Gasteiger partial charge in [-0.05, 0) is 0 Å². The van der Waals surface area contributed by atoms with Gasteiger partial charge in [-0.25, -0.2) is 4.57 Å². The maximum atomic E-state index is 10.4. The normalized spacial score (nSPS) is 7.38. The van der Waals surface area contributed by atoms with Crippen LogP contribution in [0.4, 0.5) is 4.20 Å². The molecule has 0 bridgehead atoms. The molecule has 0 fully saturated rings. The van der Waals surface area contributed by atoms with Gasteiger partial charge >= 0.3 is 37.5 Å². The smallest absolute Gasteiger partial charge is 1.00 e. The van der Waals surface area contributed by atoms with Gasteiger partial charge in [0.2, 0.25) is 0 Å². The van der Waals surface area contributed by atoms with E-state index in [1.54, 1.807) is 0 Å². The van der Waals surface area contributed by atoms with Crippen molar-refractivity contribution in [2.24, 2.45) is 0 Å². The first-order valence-corrected chi connectivity index (χ1v) is 2.25.